The topological polar surface area (TPSA) is 60.9 Å². The first-order valence-corrected chi connectivity index (χ1v) is 13.4. The van der Waals surface area contributed by atoms with Crippen molar-refractivity contribution >= 4 is 46.0 Å². The summed E-state index contributed by atoms with van der Waals surface area (Å²) in [7, 11) is 0. The van der Waals surface area contributed by atoms with Crippen LogP contribution in [0, 0.1) is 8.99 Å². The molecule has 2 fully saturated rings. The monoisotopic (exact) mass is 587 g/mol. The minimum Gasteiger partial charge on any atom is -0.327 e. The number of anilines is 1. The molecule has 1 unspecified atom stereocenters. The lowest BCUT2D eigenvalue weighted by atomic mass is 9.90. The SMILES string of the molecule is CC(C)(C)CC(=O)N(C1CCN(Cc2ccccc2)CC1)C1CC(=O)N(c2ccc(I)cc2)C1=O. The molecule has 0 bridgehead atoms. The van der Waals surface area contributed by atoms with Crippen molar-refractivity contribution in [2.24, 2.45) is 5.41 Å². The molecule has 0 saturated carbocycles. The highest BCUT2D eigenvalue weighted by Crippen LogP contribution is 2.32. The number of imide groups is 1. The number of hydrogen-bond donors (Lipinski definition) is 0. The molecule has 4 rings (SSSR count). The van der Waals surface area contributed by atoms with Crippen LogP contribution in [0.3, 0.4) is 0 Å². The van der Waals surface area contributed by atoms with Crippen LogP contribution in [-0.4, -0.2) is 52.7 Å². The van der Waals surface area contributed by atoms with Gasteiger partial charge in [-0.2, -0.15) is 0 Å². The Morgan fingerprint density at radius 2 is 1.63 bits per heavy atom. The molecule has 2 saturated heterocycles. The van der Waals surface area contributed by atoms with E-state index in [1.165, 1.54) is 10.5 Å². The number of piperidine rings is 1. The zero-order valence-corrected chi connectivity index (χ0v) is 22.9. The summed E-state index contributed by atoms with van der Waals surface area (Å²) in [6, 6.07) is 17.0. The standard InChI is InChI=1S/C28H34IN3O3/c1-28(2,3)18-26(34)31(23-13-15-30(16-14-23)19-20-7-5-4-6-8-20)24-17-25(33)32(27(24)35)22-11-9-21(29)10-12-22/h4-12,23-24H,13-19H2,1-3H3. The Hall–Kier alpha value is -2.26. The largest absolute Gasteiger partial charge is 0.327 e. The summed E-state index contributed by atoms with van der Waals surface area (Å²) in [5.41, 5.74) is 1.64. The maximum atomic E-state index is 13.6. The van der Waals surface area contributed by atoms with E-state index in [0.717, 1.165) is 36.0 Å². The third kappa shape index (κ3) is 6.30. The lowest BCUT2D eigenvalue weighted by Gasteiger charge is -2.41. The van der Waals surface area contributed by atoms with Gasteiger partial charge in [-0.05, 0) is 70.7 Å². The minimum atomic E-state index is -0.734. The summed E-state index contributed by atoms with van der Waals surface area (Å²) in [6.45, 7) is 8.69. The van der Waals surface area contributed by atoms with E-state index in [9.17, 15) is 14.4 Å². The van der Waals surface area contributed by atoms with Crippen LogP contribution in [0.25, 0.3) is 0 Å². The van der Waals surface area contributed by atoms with Crippen molar-refractivity contribution in [2.75, 3.05) is 18.0 Å². The molecule has 0 spiro atoms. The Kier molecular flexibility index (Phi) is 7.96. The van der Waals surface area contributed by atoms with Gasteiger partial charge in [0.2, 0.25) is 11.8 Å². The molecule has 0 N–H and O–H groups in total. The molecule has 2 aromatic rings. The quantitative estimate of drug-likeness (QED) is 0.358. The Morgan fingerprint density at radius 3 is 2.23 bits per heavy atom. The van der Waals surface area contributed by atoms with Gasteiger partial charge >= 0.3 is 0 Å². The minimum absolute atomic E-state index is 0.0328. The third-order valence-corrected chi connectivity index (χ3v) is 7.43. The van der Waals surface area contributed by atoms with Crippen molar-refractivity contribution in [3.63, 3.8) is 0 Å². The van der Waals surface area contributed by atoms with E-state index < -0.39 is 6.04 Å². The molecule has 35 heavy (non-hydrogen) atoms. The van der Waals surface area contributed by atoms with E-state index >= 15 is 0 Å². The number of nitrogens with zero attached hydrogens (tertiary/aromatic N) is 3. The van der Waals surface area contributed by atoms with Crippen LogP contribution < -0.4 is 4.90 Å². The van der Waals surface area contributed by atoms with Crippen LogP contribution >= 0.6 is 22.6 Å². The fourth-order valence-corrected chi connectivity index (χ4v) is 5.43. The molecule has 0 radical (unpaired) electrons. The molecule has 2 aliphatic heterocycles. The third-order valence-electron chi connectivity index (χ3n) is 6.71. The van der Waals surface area contributed by atoms with E-state index in [-0.39, 0.29) is 35.6 Å². The van der Waals surface area contributed by atoms with Crippen LogP contribution in [0.15, 0.2) is 54.6 Å². The summed E-state index contributed by atoms with van der Waals surface area (Å²) in [5.74, 6) is -0.559. The van der Waals surface area contributed by atoms with Gasteiger partial charge in [0.1, 0.15) is 6.04 Å². The van der Waals surface area contributed by atoms with Gasteiger partial charge in [-0.25, -0.2) is 4.90 Å². The highest BCUT2D eigenvalue weighted by molar-refractivity contribution is 14.1. The summed E-state index contributed by atoms with van der Waals surface area (Å²) >= 11 is 2.20. The Labute approximate surface area is 221 Å². The van der Waals surface area contributed by atoms with Gasteiger partial charge in [0.05, 0.1) is 12.1 Å². The average molecular weight is 588 g/mol. The van der Waals surface area contributed by atoms with Crippen LogP contribution in [0.4, 0.5) is 5.69 Å². The molecular weight excluding hydrogens is 553 g/mol. The lowest BCUT2D eigenvalue weighted by Crippen LogP contribution is -2.54. The number of carbonyl (C=O) groups excluding carboxylic acids is 3. The second-order valence-corrected chi connectivity index (χ2v) is 12.0. The van der Waals surface area contributed by atoms with Crippen LogP contribution in [-0.2, 0) is 20.9 Å². The molecule has 1 atom stereocenters. The number of likely N-dealkylation sites (tertiary alicyclic amines) is 1. The molecule has 0 aromatic heterocycles. The number of benzene rings is 2. The van der Waals surface area contributed by atoms with E-state index in [4.69, 9.17) is 0 Å². The molecule has 2 aromatic carbocycles. The number of hydrogen-bond acceptors (Lipinski definition) is 4. The molecule has 3 amide bonds. The zero-order valence-electron chi connectivity index (χ0n) is 20.7. The second kappa shape index (κ2) is 10.8. The molecule has 186 valence electrons. The molecular formula is C28H34IN3O3. The Morgan fingerprint density at radius 1 is 1.00 bits per heavy atom. The summed E-state index contributed by atoms with van der Waals surface area (Å²) in [5, 5.41) is 0. The number of amides is 3. The molecule has 2 aliphatic rings. The summed E-state index contributed by atoms with van der Waals surface area (Å²) in [6.07, 6.45) is 1.98. The molecule has 7 heteroatoms. The fourth-order valence-electron chi connectivity index (χ4n) is 5.07. The lowest BCUT2D eigenvalue weighted by molar-refractivity contribution is -0.143. The van der Waals surface area contributed by atoms with Crippen molar-refractivity contribution in [1.29, 1.82) is 0 Å². The van der Waals surface area contributed by atoms with Crippen LogP contribution in [0.1, 0.15) is 52.0 Å². The van der Waals surface area contributed by atoms with Gasteiger partial charge in [-0.3, -0.25) is 19.3 Å². The van der Waals surface area contributed by atoms with Gasteiger partial charge < -0.3 is 4.90 Å². The van der Waals surface area contributed by atoms with Gasteiger partial charge in [0.15, 0.2) is 0 Å². The van der Waals surface area contributed by atoms with Gasteiger partial charge in [0, 0.05) is 35.7 Å². The molecule has 0 aliphatic carbocycles. The van der Waals surface area contributed by atoms with Crippen molar-refractivity contribution in [1.82, 2.24) is 9.80 Å². The van der Waals surface area contributed by atoms with Crippen molar-refractivity contribution in [3.8, 4) is 0 Å². The predicted octanol–water partition coefficient (Wildman–Crippen LogP) is 4.85. The summed E-state index contributed by atoms with van der Waals surface area (Å²) < 4.78 is 1.03. The van der Waals surface area contributed by atoms with Crippen molar-refractivity contribution in [2.45, 2.75) is 65.1 Å². The van der Waals surface area contributed by atoms with Crippen LogP contribution in [0.2, 0.25) is 0 Å². The fraction of sp³-hybridized carbons (Fsp3) is 0.464. The second-order valence-electron chi connectivity index (χ2n) is 10.8. The Balaban J connectivity index is 1.52. The van der Waals surface area contributed by atoms with E-state index in [1.807, 2.05) is 39.0 Å². The van der Waals surface area contributed by atoms with Gasteiger partial charge in [-0.1, -0.05) is 51.1 Å². The highest BCUT2D eigenvalue weighted by atomic mass is 127. The first-order valence-electron chi connectivity index (χ1n) is 12.3. The maximum Gasteiger partial charge on any atom is 0.257 e. The number of rotatable bonds is 6. The first-order chi connectivity index (χ1) is 16.6. The van der Waals surface area contributed by atoms with Crippen LogP contribution in [0.5, 0.6) is 0 Å². The molecule has 2 heterocycles. The number of halogens is 1. The maximum absolute atomic E-state index is 13.6. The highest BCUT2D eigenvalue weighted by Gasteiger charge is 2.47. The van der Waals surface area contributed by atoms with Crippen molar-refractivity contribution in [3.05, 3.63) is 63.7 Å². The smallest absolute Gasteiger partial charge is 0.257 e. The van der Waals surface area contributed by atoms with E-state index in [1.54, 1.807) is 17.0 Å². The van der Waals surface area contributed by atoms with E-state index in [0.29, 0.717) is 12.1 Å². The summed E-state index contributed by atoms with van der Waals surface area (Å²) in [4.78, 5) is 45.6. The Bertz CT molecular complexity index is 1060. The van der Waals surface area contributed by atoms with Crippen molar-refractivity contribution < 1.29 is 14.4 Å². The number of carbonyl (C=O) groups is 3. The first kappa shape index (κ1) is 25.8. The van der Waals surface area contributed by atoms with E-state index in [2.05, 4.69) is 51.8 Å². The molecule has 6 nitrogen and oxygen atoms in total. The average Bonchev–Trinajstić information content (AvgIpc) is 3.09. The normalized spacial score (nSPS) is 19.9. The predicted molar refractivity (Wildman–Crippen MR) is 146 cm³/mol. The van der Waals surface area contributed by atoms with Gasteiger partial charge in [-0.15, -0.1) is 0 Å². The van der Waals surface area contributed by atoms with Gasteiger partial charge in [0.25, 0.3) is 5.91 Å². The zero-order chi connectivity index (χ0) is 25.2.